The molecule has 5 nitrogen and oxygen atoms in total. The normalized spacial score (nSPS) is 20.2. The van der Waals surface area contributed by atoms with Gasteiger partial charge in [0.2, 0.25) is 0 Å². The summed E-state index contributed by atoms with van der Waals surface area (Å²) in [6, 6.07) is 0. The van der Waals surface area contributed by atoms with Crippen molar-refractivity contribution in [3.63, 3.8) is 0 Å². The molecule has 1 unspecified atom stereocenters. The zero-order valence-corrected chi connectivity index (χ0v) is 11.4. The molecule has 0 heterocycles. The van der Waals surface area contributed by atoms with Crippen LogP contribution in [0.2, 0.25) is 0 Å². The largest absolute Gasteiger partial charge is 0.444 e. The number of carbonyl (C=O) groups excluding carboxylic acids is 1. The van der Waals surface area contributed by atoms with Crippen LogP contribution in [0.5, 0.6) is 0 Å². The van der Waals surface area contributed by atoms with Gasteiger partial charge in [0.05, 0.1) is 5.75 Å². The summed E-state index contributed by atoms with van der Waals surface area (Å²) >= 11 is -1.81. The molecule has 0 aromatic heterocycles. The third kappa shape index (κ3) is 5.04. The van der Waals surface area contributed by atoms with Crippen LogP contribution in [0.1, 0.15) is 40.0 Å². The fourth-order valence-electron chi connectivity index (χ4n) is 1.88. The third-order valence-corrected chi connectivity index (χ3v) is 3.71. The molecule has 1 aliphatic carbocycles. The highest BCUT2D eigenvalue weighted by Crippen LogP contribution is 2.40. The molecule has 0 bridgehead atoms. The molecule has 100 valence electrons. The summed E-state index contributed by atoms with van der Waals surface area (Å²) in [7, 11) is 0. The molecule has 0 aromatic rings. The molecule has 6 heteroatoms. The van der Waals surface area contributed by atoms with E-state index in [2.05, 4.69) is 5.32 Å². The van der Waals surface area contributed by atoms with Gasteiger partial charge >= 0.3 is 6.09 Å². The minimum atomic E-state index is -1.81. The number of nitrogens with one attached hydrogen (secondary N) is 1. The van der Waals surface area contributed by atoms with Gasteiger partial charge in [-0.3, -0.25) is 0 Å². The lowest BCUT2D eigenvalue weighted by Crippen LogP contribution is -2.46. The minimum Gasteiger partial charge on any atom is -0.444 e. The number of rotatable bonds is 4. The third-order valence-electron chi connectivity index (χ3n) is 2.85. The number of hydrogen-bond donors (Lipinski definition) is 2. The Bertz CT molecular complexity index is 307. The molecular weight excluding hydrogens is 242 g/mol. The molecule has 17 heavy (non-hydrogen) atoms. The van der Waals surface area contributed by atoms with E-state index in [1.807, 2.05) is 0 Å². The summed E-state index contributed by atoms with van der Waals surface area (Å²) in [5.74, 6) is 0.225. The van der Waals surface area contributed by atoms with E-state index in [-0.39, 0.29) is 11.2 Å². The van der Waals surface area contributed by atoms with E-state index in [0.717, 1.165) is 19.3 Å². The van der Waals surface area contributed by atoms with Crippen LogP contribution in [-0.4, -0.2) is 32.8 Å². The van der Waals surface area contributed by atoms with Gasteiger partial charge in [-0.05, 0) is 33.6 Å². The van der Waals surface area contributed by atoms with E-state index < -0.39 is 22.8 Å². The molecule has 1 saturated carbocycles. The van der Waals surface area contributed by atoms with Gasteiger partial charge in [-0.25, -0.2) is 9.00 Å². The van der Waals surface area contributed by atoms with Crippen molar-refractivity contribution in [2.24, 2.45) is 5.41 Å². The van der Waals surface area contributed by atoms with E-state index >= 15 is 0 Å². The van der Waals surface area contributed by atoms with Crippen LogP contribution >= 0.6 is 0 Å². The molecular formula is C11H21NO4S. The summed E-state index contributed by atoms with van der Waals surface area (Å²) in [5, 5.41) is 2.68. The highest BCUT2D eigenvalue weighted by atomic mass is 32.2. The van der Waals surface area contributed by atoms with Crippen LogP contribution in [0.25, 0.3) is 0 Å². The van der Waals surface area contributed by atoms with E-state index in [4.69, 9.17) is 9.29 Å². The van der Waals surface area contributed by atoms with Crippen LogP contribution in [0.15, 0.2) is 0 Å². The molecule has 1 amide bonds. The second-order valence-electron chi connectivity index (χ2n) is 5.67. The van der Waals surface area contributed by atoms with Crippen molar-refractivity contribution in [3.05, 3.63) is 0 Å². The van der Waals surface area contributed by atoms with Crippen molar-refractivity contribution in [2.45, 2.75) is 45.6 Å². The summed E-state index contributed by atoms with van der Waals surface area (Å²) in [6.07, 6.45) is 2.35. The average Bonchev–Trinajstić information content (AvgIpc) is 2.05. The predicted octanol–water partition coefficient (Wildman–Crippen LogP) is 1.90. The first-order chi connectivity index (χ1) is 7.72. The predicted molar refractivity (Wildman–Crippen MR) is 66.2 cm³/mol. The van der Waals surface area contributed by atoms with Crippen LogP contribution in [-0.2, 0) is 15.8 Å². The standard InChI is InChI=1S/C11H21NO4S/c1-10(2,3)16-9(13)12-7-11(5-4-6-11)8-17(14)15/h4-8H2,1-3H3,(H,12,13)(H,14,15). The average molecular weight is 263 g/mol. The van der Waals surface area contributed by atoms with E-state index in [1.54, 1.807) is 20.8 Å². The zero-order valence-electron chi connectivity index (χ0n) is 10.6. The molecule has 0 aliphatic heterocycles. The maximum absolute atomic E-state index is 11.5. The van der Waals surface area contributed by atoms with Crippen LogP contribution in [0, 0.1) is 5.41 Å². The summed E-state index contributed by atoms with van der Waals surface area (Å²) < 4.78 is 24.9. The molecule has 1 aliphatic rings. The first-order valence-electron chi connectivity index (χ1n) is 5.77. The van der Waals surface area contributed by atoms with Gasteiger partial charge < -0.3 is 14.6 Å². The van der Waals surface area contributed by atoms with Crippen LogP contribution in [0.3, 0.4) is 0 Å². The molecule has 2 N–H and O–H groups in total. The number of carbonyl (C=O) groups is 1. The van der Waals surface area contributed by atoms with Crippen LogP contribution < -0.4 is 5.32 Å². The van der Waals surface area contributed by atoms with Gasteiger partial charge in [0, 0.05) is 12.0 Å². The number of ether oxygens (including phenoxy) is 1. The maximum Gasteiger partial charge on any atom is 0.407 e. The Kier molecular flexibility index (Phi) is 4.55. The zero-order chi connectivity index (χ0) is 13.1. The molecule has 0 aromatic carbocycles. The van der Waals surface area contributed by atoms with Gasteiger partial charge in [0.15, 0.2) is 11.1 Å². The Balaban J connectivity index is 2.38. The second-order valence-corrected chi connectivity index (χ2v) is 6.61. The van der Waals surface area contributed by atoms with Crippen molar-refractivity contribution in [1.82, 2.24) is 5.32 Å². The van der Waals surface area contributed by atoms with E-state index in [0.29, 0.717) is 6.54 Å². The summed E-state index contributed by atoms with van der Waals surface area (Å²) in [5.41, 5.74) is -0.729. The van der Waals surface area contributed by atoms with Gasteiger partial charge in [-0.2, -0.15) is 0 Å². The highest BCUT2D eigenvalue weighted by molar-refractivity contribution is 7.79. The number of alkyl carbamates (subject to hydrolysis) is 1. The van der Waals surface area contributed by atoms with E-state index in [1.165, 1.54) is 0 Å². The highest BCUT2D eigenvalue weighted by Gasteiger charge is 2.39. The van der Waals surface area contributed by atoms with Gasteiger partial charge in [0.1, 0.15) is 5.60 Å². The fraction of sp³-hybridized carbons (Fsp3) is 0.909. The smallest absolute Gasteiger partial charge is 0.407 e. The van der Waals surface area contributed by atoms with Gasteiger partial charge in [-0.15, -0.1) is 0 Å². The lowest BCUT2D eigenvalue weighted by molar-refractivity contribution is 0.0471. The Morgan fingerprint density at radius 2 is 2.06 bits per heavy atom. The molecule has 0 saturated heterocycles. The van der Waals surface area contributed by atoms with E-state index in [9.17, 15) is 9.00 Å². The fourth-order valence-corrected chi connectivity index (χ4v) is 2.80. The van der Waals surface area contributed by atoms with Crippen molar-refractivity contribution < 1.29 is 18.3 Å². The molecule has 1 fully saturated rings. The van der Waals surface area contributed by atoms with Crippen molar-refractivity contribution in [1.29, 1.82) is 0 Å². The molecule has 1 rings (SSSR count). The van der Waals surface area contributed by atoms with Crippen molar-refractivity contribution in [3.8, 4) is 0 Å². The quantitative estimate of drug-likeness (QED) is 0.760. The van der Waals surface area contributed by atoms with Crippen molar-refractivity contribution in [2.75, 3.05) is 12.3 Å². The molecule has 1 atom stereocenters. The first-order valence-corrected chi connectivity index (χ1v) is 7.04. The summed E-state index contributed by atoms with van der Waals surface area (Å²) in [6.45, 7) is 5.81. The second kappa shape index (κ2) is 5.35. The van der Waals surface area contributed by atoms with Crippen LogP contribution in [0.4, 0.5) is 4.79 Å². The Labute approximate surface area is 105 Å². The Hall–Kier alpha value is -0.620. The lowest BCUT2D eigenvalue weighted by atomic mass is 9.70. The van der Waals surface area contributed by atoms with Gasteiger partial charge in [0.25, 0.3) is 0 Å². The number of amides is 1. The molecule has 0 spiro atoms. The Morgan fingerprint density at radius 3 is 2.41 bits per heavy atom. The lowest BCUT2D eigenvalue weighted by Gasteiger charge is -2.40. The van der Waals surface area contributed by atoms with Gasteiger partial charge in [-0.1, -0.05) is 6.42 Å². The topological polar surface area (TPSA) is 75.6 Å². The Morgan fingerprint density at radius 1 is 1.47 bits per heavy atom. The molecule has 0 radical (unpaired) electrons. The minimum absolute atomic E-state index is 0.212. The first kappa shape index (κ1) is 14.4. The number of hydrogen-bond acceptors (Lipinski definition) is 3. The monoisotopic (exact) mass is 263 g/mol. The SMILES string of the molecule is CC(C)(C)OC(=O)NCC1(CS(=O)O)CCC1. The van der Waals surface area contributed by atoms with Crippen molar-refractivity contribution >= 4 is 17.2 Å². The summed E-state index contributed by atoms with van der Waals surface area (Å²) in [4.78, 5) is 11.5. The maximum atomic E-state index is 11.5.